The summed E-state index contributed by atoms with van der Waals surface area (Å²) in [5.41, 5.74) is 9.55. The summed E-state index contributed by atoms with van der Waals surface area (Å²) in [7, 11) is -8.76. The molecule has 7 N–H and O–H groups in total. The minimum absolute atomic E-state index is 0.0450. The average Bonchev–Trinajstić information content (AvgIpc) is 1.56. The Bertz CT molecular complexity index is 3230. The molecular formula is C63H95ClN10O16P2. The Morgan fingerprint density at radius 2 is 1.05 bits per heavy atom. The van der Waals surface area contributed by atoms with Gasteiger partial charge in [0.1, 0.15) is 78.2 Å². The maximum absolute atomic E-state index is 14.1. The molecule has 0 spiro atoms. The molecule has 0 bridgehead atoms. The van der Waals surface area contributed by atoms with Crippen LogP contribution in [0.25, 0.3) is 11.0 Å². The number of nitrogens with zero attached hydrogens (tertiary/aromatic N) is 8. The summed E-state index contributed by atoms with van der Waals surface area (Å²) in [6.07, 6.45) is 21.2. The molecule has 7 heterocycles. The van der Waals surface area contributed by atoms with Gasteiger partial charge in [-0.15, -0.1) is 0 Å². The van der Waals surface area contributed by atoms with Crippen LogP contribution in [0.1, 0.15) is 180 Å². The van der Waals surface area contributed by atoms with Crippen molar-refractivity contribution < 1.29 is 75.3 Å². The Kier molecular flexibility index (Phi) is 29.8. The van der Waals surface area contributed by atoms with Crippen molar-refractivity contribution in [1.82, 2.24) is 29.2 Å². The van der Waals surface area contributed by atoms with Crippen LogP contribution in [0.15, 0.2) is 61.2 Å². The number of nitrogen functional groups attached to an aromatic ring is 2. The third-order valence-corrected chi connectivity index (χ3v) is 18.9. The molecule has 3 aliphatic rings. The fourth-order valence-electron chi connectivity index (χ4n) is 11.4. The summed E-state index contributed by atoms with van der Waals surface area (Å²) >= 11 is 6.34. The lowest BCUT2D eigenvalue weighted by Gasteiger charge is -2.29. The SMILES string of the molecule is CCCCCCCCCCCCOCCCOP(=O)(O)OC[C@H]1O[C@@](C#N)(c2ccc3c(N)ncnn23)[C@H](O)[C@@H]1O.CCCCCCCCCCCCOCCCOP(=O)(OC[C@H]1O[C@@](C#N)(c2ccc3c(N)ncnn23)[C@@H]2OC(C)(C)O[C@@H]21)Oc1ccccc1Cl. The molecule has 10 atom stereocenters. The average molecular weight is 1350 g/mol. The van der Waals surface area contributed by atoms with E-state index >= 15 is 0 Å². The molecule has 26 nitrogen and oxygen atoms in total. The Labute approximate surface area is 545 Å². The topological polar surface area (TPSA) is 356 Å². The maximum atomic E-state index is 14.1. The number of aliphatic hydroxyl groups is 2. The van der Waals surface area contributed by atoms with Gasteiger partial charge in [-0.1, -0.05) is 153 Å². The number of halogens is 1. The molecule has 0 amide bonds. The van der Waals surface area contributed by atoms with Crippen molar-refractivity contribution in [2.24, 2.45) is 0 Å². The van der Waals surface area contributed by atoms with Gasteiger partial charge in [-0.05, 0) is 75.9 Å². The van der Waals surface area contributed by atoms with Crippen LogP contribution in [-0.4, -0.2) is 140 Å². The predicted molar refractivity (Wildman–Crippen MR) is 343 cm³/mol. The summed E-state index contributed by atoms with van der Waals surface area (Å²) < 4.78 is 92.7. The first-order valence-corrected chi connectivity index (χ1v) is 35.9. The van der Waals surface area contributed by atoms with Crippen LogP contribution >= 0.6 is 27.2 Å². The highest BCUT2D eigenvalue weighted by Crippen LogP contribution is 2.54. The lowest BCUT2D eigenvalue weighted by Crippen LogP contribution is -2.41. The lowest BCUT2D eigenvalue weighted by molar-refractivity contribution is -0.204. The van der Waals surface area contributed by atoms with Crippen molar-refractivity contribution >= 4 is 49.9 Å². The number of aromatic nitrogens is 6. The Morgan fingerprint density at radius 3 is 1.58 bits per heavy atom. The van der Waals surface area contributed by atoms with Gasteiger partial charge < -0.3 is 59.5 Å². The van der Waals surface area contributed by atoms with E-state index in [1.807, 2.05) is 6.07 Å². The van der Waals surface area contributed by atoms with Gasteiger partial charge in [-0.2, -0.15) is 20.7 Å². The molecule has 5 aromatic rings. The summed E-state index contributed by atoms with van der Waals surface area (Å²) in [6, 6.07) is 17.2. The highest BCUT2D eigenvalue weighted by molar-refractivity contribution is 7.49. The normalized spacial score (nSPS) is 23.8. The van der Waals surface area contributed by atoms with Crippen LogP contribution in [0.5, 0.6) is 5.75 Å². The second-order valence-corrected chi connectivity index (χ2v) is 27.2. The zero-order valence-electron chi connectivity index (χ0n) is 53.6. The molecule has 1 aromatic carbocycles. The number of nitriles is 2. The van der Waals surface area contributed by atoms with Gasteiger partial charge in [0.25, 0.3) is 0 Å². The molecule has 3 saturated heterocycles. The summed E-state index contributed by atoms with van der Waals surface area (Å²) in [5, 5.41) is 50.5. The first kappa shape index (κ1) is 74.5. The van der Waals surface area contributed by atoms with Gasteiger partial charge in [-0.25, -0.2) is 28.1 Å². The molecule has 0 radical (unpaired) electrons. The van der Waals surface area contributed by atoms with Crippen LogP contribution in [0.3, 0.4) is 0 Å². The number of nitrogens with two attached hydrogens (primary N) is 2. The second-order valence-electron chi connectivity index (χ2n) is 23.8. The third kappa shape index (κ3) is 20.5. The molecule has 92 heavy (non-hydrogen) atoms. The number of para-hydroxylation sites is 1. The molecule has 0 saturated carbocycles. The highest BCUT2D eigenvalue weighted by atomic mass is 35.5. The van der Waals surface area contributed by atoms with Crippen LogP contribution in [0.2, 0.25) is 5.02 Å². The van der Waals surface area contributed by atoms with Crippen molar-refractivity contribution in [1.29, 1.82) is 10.5 Å². The molecule has 2 unspecified atom stereocenters. The number of benzene rings is 1. The monoisotopic (exact) mass is 1340 g/mol. The summed E-state index contributed by atoms with van der Waals surface area (Å²) in [4.78, 5) is 18.0. The number of rotatable bonds is 42. The van der Waals surface area contributed by atoms with Crippen LogP contribution in [-0.2, 0) is 66.8 Å². The fraction of sp³-hybridized carbons (Fsp3) is 0.683. The Morgan fingerprint density at radius 1 is 0.587 bits per heavy atom. The van der Waals surface area contributed by atoms with E-state index in [0.717, 1.165) is 25.7 Å². The van der Waals surface area contributed by atoms with Crippen LogP contribution < -0.4 is 16.0 Å². The van der Waals surface area contributed by atoms with Gasteiger partial charge in [0, 0.05) is 26.4 Å². The minimum Gasteiger partial charge on any atom is -0.402 e. The molecule has 510 valence electrons. The minimum atomic E-state index is -4.49. The predicted octanol–water partition coefficient (Wildman–Crippen LogP) is 11.8. The van der Waals surface area contributed by atoms with Crippen LogP contribution in [0, 0.1) is 22.7 Å². The number of hydrogen-bond donors (Lipinski definition) is 5. The molecule has 0 aliphatic carbocycles. The van der Waals surface area contributed by atoms with Gasteiger partial charge in [-0.3, -0.25) is 18.1 Å². The van der Waals surface area contributed by atoms with Gasteiger partial charge >= 0.3 is 15.6 Å². The lowest BCUT2D eigenvalue weighted by atomic mass is 9.92. The van der Waals surface area contributed by atoms with E-state index in [9.17, 15) is 34.8 Å². The smallest absolute Gasteiger partial charge is 0.402 e. The van der Waals surface area contributed by atoms with E-state index < -0.39 is 75.9 Å². The number of ether oxygens (including phenoxy) is 6. The third-order valence-electron chi connectivity index (χ3n) is 16.2. The standard InChI is InChI=1S/C36H51ClN5O8P.C27H44N5O8P/c1-4-5-6-7-8-9-10-11-12-15-21-44-22-16-23-45-51(43,50-29-18-14-13-17-27(29)37)46-24-30-32-33(49-35(2,3)48-32)36(25-38,47-30)31-20-19-28-34(39)40-26-41-42(28)31;1-2-3-4-5-6-7-8-9-10-11-15-37-16-12-17-38-41(35,36)39-18-22-24(33)25(34)27(19-28,40-22)23-14-13-21-26(29)30-20-31-32(21)23/h13-14,17-20,26,30,32-33H,4-12,15-16,21-24H2,1-3H3,(H2,39,40,41);13-14,20,22,24-25,33-34H,2-12,15-18H2,1H3,(H,35,36)(H2,29,30,31)/t30-,32-,33-,36+,51?;22-,24-,25-,27+/m11/s1. The number of anilines is 2. The van der Waals surface area contributed by atoms with E-state index in [0.29, 0.717) is 56.0 Å². The van der Waals surface area contributed by atoms with E-state index in [1.165, 1.54) is 130 Å². The molecule has 8 rings (SSSR count). The maximum Gasteiger partial charge on any atom is 0.530 e. The molecule has 4 aromatic heterocycles. The molecular weight excluding hydrogens is 1250 g/mol. The van der Waals surface area contributed by atoms with E-state index in [-0.39, 0.29) is 47.9 Å². The molecule has 3 fully saturated rings. The Balaban J connectivity index is 0.000000268. The zero-order chi connectivity index (χ0) is 66.0. The Hall–Kier alpha value is -4.93. The largest absolute Gasteiger partial charge is 0.530 e. The number of phosphoric ester groups is 2. The van der Waals surface area contributed by atoms with Gasteiger partial charge in [0.05, 0.1) is 42.8 Å². The number of hydrogen-bond acceptors (Lipinski definition) is 23. The van der Waals surface area contributed by atoms with E-state index in [2.05, 4.69) is 40.1 Å². The molecule has 3 aliphatic heterocycles. The number of unbranched alkanes of at least 4 members (excludes halogenated alkanes) is 18. The van der Waals surface area contributed by atoms with Gasteiger partial charge in [0.15, 0.2) is 17.4 Å². The van der Waals surface area contributed by atoms with Crippen molar-refractivity contribution in [2.75, 3.05) is 64.3 Å². The fourth-order valence-corrected chi connectivity index (χ4v) is 13.6. The first-order chi connectivity index (χ1) is 44.4. The highest BCUT2D eigenvalue weighted by Gasteiger charge is 2.66. The second kappa shape index (κ2) is 36.8. The zero-order valence-corrected chi connectivity index (χ0v) is 56.1. The van der Waals surface area contributed by atoms with Crippen LogP contribution in [0.4, 0.5) is 11.6 Å². The van der Waals surface area contributed by atoms with E-state index in [1.54, 1.807) is 56.3 Å². The van der Waals surface area contributed by atoms with E-state index in [4.69, 9.17) is 74.1 Å². The van der Waals surface area contributed by atoms with Crippen molar-refractivity contribution in [2.45, 2.75) is 223 Å². The van der Waals surface area contributed by atoms with Crippen molar-refractivity contribution in [3.8, 4) is 17.9 Å². The van der Waals surface area contributed by atoms with Crippen molar-refractivity contribution in [3.05, 3.63) is 77.6 Å². The van der Waals surface area contributed by atoms with Crippen molar-refractivity contribution in [3.63, 3.8) is 0 Å². The molecule has 29 heteroatoms. The number of phosphoric acid groups is 2. The summed E-state index contributed by atoms with van der Waals surface area (Å²) in [6.45, 7) is 9.14. The van der Waals surface area contributed by atoms with Gasteiger partial charge in [0.2, 0.25) is 11.2 Å². The first-order valence-electron chi connectivity index (χ1n) is 32.5. The quantitative estimate of drug-likeness (QED) is 0.0179. The number of aliphatic hydroxyl groups excluding tert-OH is 2. The number of fused-ring (bicyclic) bond motifs is 3. The summed E-state index contributed by atoms with van der Waals surface area (Å²) in [5.74, 6) is -0.533.